The van der Waals surface area contributed by atoms with Gasteiger partial charge in [-0.15, -0.1) is 0 Å². The van der Waals surface area contributed by atoms with Gasteiger partial charge in [0, 0.05) is 21.7 Å². The molecule has 2 amide bonds. The zero-order chi connectivity index (χ0) is 26.4. The monoisotopic (exact) mass is 515 g/mol. The highest BCUT2D eigenvalue weighted by Gasteiger charge is 2.17. The largest absolute Gasteiger partial charge is 0.508 e. The Balaban J connectivity index is 1.50. The molecule has 0 aromatic heterocycles. The number of fused-ring (bicyclic) bond motifs is 1. The van der Waals surface area contributed by atoms with Crippen molar-refractivity contribution in [1.82, 2.24) is 10.7 Å². The number of rotatable bonds is 8. The maximum absolute atomic E-state index is 13.1. The summed E-state index contributed by atoms with van der Waals surface area (Å²) in [6, 6.07) is 22.2. The van der Waals surface area contributed by atoms with Crippen LogP contribution in [0.5, 0.6) is 5.75 Å². The second-order valence-corrected chi connectivity index (χ2v) is 9.07. The molecule has 0 heterocycles. The minimum atomic E-state index is -0.465. The van der Waals surface area contributed by atoms with Crippen molar-refractivity contribution in [2.45, 2.75) is 19.4 Å². The van der Waals surface area contributed by atoms with Gasteiger partial charge in [-0.1, -0.05) is 54.1 Å². The number of aliphatic hydroxyl groups is 1. The van der Waals surface area contributed by atoms with E-state index < -0.39 is 11.9 Å². The van der Waals surface area contributed by atoms with Gasteiger partial charge in [-0.25, -0.2) is 5.43 Å². The first-order valence-corrected chi connectivity index (χ1v) is 12.0. The summed E-state index contributed by atoms with van der Waals surface area (Å²) in [6.07, 6.45) is 1.98. The lowest BCUT2D eigenvalue weighted by molar-refractivity contribution is 0.0916. The third-order valence-corrected chi connectivity index (χ3v) is 6.23. The number of phenolic OH excluding ortho intramolecular Hbond substituents is 1. The van der Waals surface area contributed by atoms with Crippen LogP contribution in [0.4, 0.5) is 0 Å². The van der Waals surface area contributed by atoms with Crippen LogP contribution in [-0.4, -0.2) is 40.9 Å². The van der Waals surface area contributed by atoms with E-state index >= 15 is 0 Å². The minimum Gasteiger partial charge on any atom is -0.508 e. The summed E-state index contributed by atoms with van der Waals surface area (Å²) in [7, 11) is 0. The smallest absolute Gasteiger partial charge is 0.271 e. The van der Waals surface area contributed by atoms with Crippen LogP contribution in [0.1, 0.15) is 37.4 Å². The number of aliphatic hydroxyl groups excluding tert-OH is 1. The van der Waals surface area contributed by atoms with Gasteiger partial charge >= 0.3 is 0 Å². The third-order valence-electron chi connectivity index (χ3n) is 5.98. The third kappa shape index (κ3) is 6.33. The molecule has 4 aromatic carbocycles. The molecule has 1 atom stereocenters. The molecule has 0 bridgehead atoms. The summed E-state index contributed by atoms with van der Waals surface area (Å²) in [5, 5.41) is 28.6. The lowest BCUT2D eigenvalue weighted by atomic mass is 9.99. The zero-order valence-corrected chi connectivity index (χ0v) is 20.9. The molecule has 0 radical (unpaired) electrons. The molecule has 4 rings (SSSR count). The molecule has 1 unspecified atom stereocenters. The van der Waals surface area contributed by atoms with E-state index in [0.29, 0.717) is 39.1 Å². The van der Waals surface area contributed by atoms with E-state index in [9.17, 15) is 19.8 Å². The van der Waals surface area contributed by atoms with Gasteiger partial charge in [0.05, 0.1) is 18.9 Å². The highest BCUT2D eigenvalue weighted by Crippen LogP contribution is 2.23. The number of phenols is 1. The highest BCUT2D eigenvalue weighted by atomic mass is 35.5. The Kier molecular flexibility index (Phi) is 8.18. The van der Waals surface area contributed by atoms with Gasteiger partial charge < -0.3 is 15.5 Å². The fraction of sp³-hybridized carbons (Fsp3) is 0.138. The Morgan fingerprint density at radius 1 is 0.973 bits per heavy atom. The van der Waals surface area contributed by atoms with E-state index in [4.69, 9.17) is 11.6 Å². The molecule has 4 aromatic rings. The molecular weight excluding hydrogens is 490 g/mol. The normalized spacial score (nSPS) is 12.0. The maximum Gasteiger partial charge on any atom is 0.271 e. The average molecular weight is 516 g/mol. The van der Waals surface area contributed by atoms with Gasteiger partial charge in [0.1, 0.15) is 5.75 Å². The van der Waals surface area contributed by atoms with Crippen molar-refractivity contribution < 1.29 is 19.8 Å². The van der Waals surface area contributed by atoms with Gasteiger partial charge in [0.2, 0.25) is 0 Å². The lowest BCUT2D eigenvalue weighted by Crippen LogP contribution is -2.39. The number of halogens is 1. The van der Waals surface area contributed by atoms with Crippen molar-refractivity contribution >= 4 is 40.4 Å². The molecule has 0 spiro atoms. The van der Waals surface area contributed by atoms with Crippen molar-refractivity contribution in [2.24, 2.45) is 5.10 Å². The molecule has 188 valence electrons. The summed E-state index contributed by atoms with van der Waals surface area (Å²) < 4.78 is 0. The van der Waals surface area contributed by atoms with Crippen LogP contribution in [0, 0.1) is 6.92 Å². The predicted molar refractivity (Wildman–Crippen MR) is 145 cm³/mol. The first-order valence-electron chi connectivity index (χ1n) is 11.7. The first kappa shape index (κ1) is 25.9. The van der Waals surface area contributed by atoms with Crippen molar-refractivity contribution in [3.8, 4) is 5.75 Å². The highest BCUT2D eigenvalue weighted by molar-refractivity contribution is 6.30. The van der Waals surface area contributed by atoms with Gasteiger partial charge in [0.15, 0.2) is 0 Å². The van der Waals surface area contributed by atoms with Crippen molar-refractivity contribution in [3.63, 3.8) is 0 Å². The van der Waals surface area contributed by atoms with Crippen LogP contribution in [0.2, 0.25) is 5.02 Å². The van der Waals surface area contributed by atoms with E-state index in [1.807, 2.05) is 36.4 Å². The Morgan fingerprint density at radius 2 is 1.70 bits per heavy atom. The number of nitrogens with zero attached hydrogens (tertiary/aromatic N) is 1. The summed E-state index contributed by atoms with van der Waals surface area (Å²) >= 11 is 5.94. The number of hydrogen-bond acceptors (Lipinski definition) is 5. The van der Waals surface area contributed by atoms with Crippen LogP contribution in [0.3, 0.4) is 0 Å². The molecule has 0 saturated heterocycles. The topological polar surface area (TPSA) is 111 Å². The second-order valence-electron chi connectivity index (χ2n) is 8.63. The molecular formula is C29H26ClN3O4. The Morgan fingerprint density at radius 3 is 2.41 bits per heavy atom. The maximum atomic E-state index is 13.1. The first-order chi connectivity index (χ1) is 17.9. The Labute approximate surface area is 219 Å². The molecule has 8 heteroatoms. The molecule has 4 N–H and O–H groups in total. The van der Waals surface area contributed by atoms with Crippen molar-refractivity contribution in [1.29, 1.82) is 0 Å². The average Bonchev–Trinajstić information content (AvgIpc) is 2.90. The quantitative estimate of drug-likeness (QED) is 0.203. The van der Waals surface area contributed by atoms with Gasteiger partial charge in [0.25, 0.3) is 11.8 Å². The van der Waals surface area contributed by atoms with E-state index in [1.165, 1.54) is 18.3 Å². The van der Waals surface area contributed by atoms with E-state index in [0.717, 1.165) is 10.9 Å². The molecule has 0 fully saturated rings. The lowest BCUT2D eigenvalue weighted by Gasteiger charge is -2.17. The number of hydrogen-bond donors (Lipinski definition) is 4. The zero-order valence-electron chi connectivity index (χ0n) is 20.1. The Hall–Kier alpha value is -4.20. The van der Waals surface area contributed by atoms with Crippen LogP contribution < -0.4 is 10.7 Å². The van der Waals surface area contributed by atoms with Crippen LogP contribution in [0.15, 0.2) is 84.0 Å². The van der Waals surface area contributed by atoms with Crippen LogP contribution >= 0.6 is 11.6 Å². The number of aryl methyl sites for hydroxylation is 1. The van der Waals surface area contributed by atoms with Gasteiger partial charge in [-0.2, -0.15) is 5.10 Å². The van der Waals surface area contributed by atoms with E-state index in [-0.39, 0.29) is 18.3 Å². The molecule has 0 aliphatic rings. The molecule has 0 aliphatic carbocycles. The summed E-state index contributed by atoms with van der Waals surface area (Å²) in [6.45, 7) is 1.50. The molecule has 0 saturated carbocycles. The van der Waals surface area contributed by atoms with E-state index in [1.54, 1.807) is 37.3 Å². The summed E-state index contributed by atoms with van der Waals surface area (Å²) in [5.74, 6) is -0.593. The number of amides is 2. The van der Waals surface area contributed by atoms with Gasteiger partial charge in [-0.05, 0) is 71.6 Å². The van der Waals surface area contributed by atoms with Crippen molar-refractivity contribution in [2.75, 3.05) is 6.61 Å². The number of benzene rings is 4. The predicted octanol–water partition coefficient (Wildman–Crippen LogP) is 4.60. The molecule has 37 heavy (non-hydrogen) atoms. The van der Waals surface area contributed by atoms with E-state index in [2.05, 4.69) is 15.8 Å². The fourth-order valence-corrected chi connectivity index (χ4v) is 4.11. The number of carbonyl (C=O) groups excluding carboxylic acids is 2. The number of aromatic hydroxyl groups is 1. The van der Waals surface area contributed by atoms with Crippen molar-refractivity contribution in [3.05, 3.63) is 112 Å². The number of nitrogens with one attached hydrogen (secondary N) is 2. The molecule has 7 nitrogen and oxygen atoms in total. The minimum absolute atomic E-state index is 0.117. The van der Waals surface area contributed by atoms with Gasteiger partial charge in [-0.3, -0.25) is 9.59 Å². The van der Waals surface area contributed by atoms with Crippen LogP contribution in [0.25, 0.3) is 10.8 Å². The standard InChI is InChI=1S/C29H26ClN3O4/c1-18-14-20(9-13-27(18)35)28(36)33-31-16-21-8-12-26(25-5-3-2-4-24(21)25)29(37)32-23(17-34)15-19-6-10-22(30)11-7-19/h2-14,16,23,34-35H,15,17H2,1H3,(H,32,37)(H,33,36)/b31-16+. The number of carbonyl (C=O) groups is 2. The summed E-state index contributed by atoms with van der Waals surface area (Å²) in [4.78, 5) is 25.5. The van der Waals surface area contributed by atoms with Crippen LogP contribution in [-0.2, 0) is 6.42 Å². The molecule has 0 aliphatic heterocycles. The number of hydrazone groups is 1. The second kappa shape index (κ2) is 11.7. The fourth-order valence-electron chi connectivity index (χ4n) is 3.98. The Bertz CT molecular complexity index is 1470. The SMILES string of the molecule is Cc1cc(C(=O)N/N=C/c2ccc(C(=O)NC(CO)Cc3ccc(Cl)cc3)c3ccccc23)ccc1O. The summed E-state index contributed by atoms with van der Waals surface area (Å²) in [5.41, 5.74) is 5.59.